The van der Waals surface area contributed by atoms with Gasteiger partial charge < -0.3 is 14.6 Å². The predicted molar refractivity (Wildman–Crippen MR) is 154 cm³/mol. The van der Waals surface area contributed by atoms with Gasteiger partial charge in [0.05, 0.1) is 16.5 Å². The number of carbonyl (C=O) groups is 3. The van der Waals surface area contributed by atoms with E-state index in [1.54, 1.807) is 54.6 Å². The van der Waals surface area contributed by atoms with Crippen LogP contribution in [0.3, 0.4) is 0 Å². The zero-order valence-corrected chi connectivity index (χ0v) is 22.6. The monoisotopic (exact) mass is 548 g/mol. The number of nitrogens with one attached hydrogen (secondary N) is 1. The SMILES string of the molecule is Cc1cc(/C=C2\SC(=O)N(CC(=O)Nc3ccccc3)C2=O)c(C)n1-c1ccc(Oc2ccc(C#N)cc2)cc1. The van der Waals surface area contributed by atoms with Crippen molar-refractivity contribution in [2.75, 3.05) is 11.9 Å². The van der Waals surface area contributed by atoms with Crippen LogP contribution in [0, 0.1) is 25.2 Å². The quantitative estimate of drug-likeness (QED) is 0.267. The number of aromatic nitrogens is 1. The second kappa shape index (κ2) is 11.4. The van der Waals surface area contributed by atoms with Gasteiger partial charge in [-0.25, -0.2) is 0 Å². The highest BCUT2D eigenvalue weighted by Gasteiger charge is 2.36. The molecule has 0 unspecified atom stereocenters. The van der Waals surface area contributed by atoms with E-state index in [2.05, 4.69) is 16.0 Å². The van der Waals surface area contributed by atoms with E-state index in [1.807, 2.05) is 50.2 Å². The van der Waals surface area contributed by atoms with Gasteiger partial charge in [-0.05, 0) is 104 Å². The van der Waals surface area contributed by atoms with E-state index in [0.717, 1.165) is 39.3 Å². The van der Waals surface area contributed by atoms with Crippen LogP contribution in [-0.2, 0) is 9.59 Å². The molecule has 9 heteroatoms. The number of amides is 3. The van der Waals surface area contributed by atoms with Gasteiger partial charge >= 0.3 is 0 Å². The zero-order valence-electron chi connectivity index (χ0n) is 21.8. The number of benzene rings is 3. The van der Waals surface area contributed by atoms with Crippen LogP contribution in [-0.4, -0.2) is 33.1 Å². The molecule has 0 bridgehead atoms. The van der Waals surface area contributed by atoms with Crippen LogP contribution >= 0.6 is 11.8 Å². The van der Waals surface area contributed by atoms with Crippen molar-refractivity contribution in [3.63, 3.8) is 0 Å². The lowest BCUT2D eigenvalue weighted by molar-refractivity contribution is -0.127. The van der Waals surface area contributed by atoms with Gasteiger partial charge in [0.1, 0.15) is 18.0 Å². The fourth-order valence-corrected chi connectivity index (χ4v) is 5.20. The van der Waals surface area contributed by atoms with Gasteiger partial charge in [-0.2, -0.15) is 5.26 Å². The molecular formula is C31H24N4O4S. The number of para-hydroxylation sites is 1. The minimum absolute atomic E-state index is 0.268. The van der Waals surface area contributed by atoms with Crippen molar-refractivity contribution < 1.29 is 19.1 Å². The van der Waals surface area contributed by atoms with Crippen molar-refractivity contribution in [3.8, 4) is 23.3 Å². The first-order valence-electron chi connectivity index (χ1n) is 12.4. The van der Waals surface area contributed by atoms with Crippen molar-refractivity contribution in [1.29, 1.82) is 5.26 Å². The lowest BCUT2D eigenvalue weighted by atomic mass is 10.2. The number of ether oxygens (including phenoxy) is 1. The van der Waals surface area contributed by atoms with E-state index in [0.29, 0.717) is 22.7 Å². The number of anilines is 1. The lowest BCUT2D eigenvalue weighted by Crippen LogP contribution is -2.36. The standard InChI is InChI=1S/C31H24N4O4S/c1-20-16-23(17-28-30(37)34(31(38)40-28)19-29(36)33-24-6-4-3-5-7-24)21(2)35(20)25-10-14-27(15-11-25)39-26-12-8-22(18-32)9-13-26/h3-17H,19H2,1-2H3,(H,33,36)/b28-17-. The molecule has 0 spiro atoms. The number of rotatable bonds is 7. The summed E-state index contributed by atoms with van der Waals surface area (Å²) in [6.45, 7) is 3.55. The van der Waals surface area contributed by atoms with Crippen molar-refractivity contribution >= 4 is 40.6 Å². The lowest BCUT2D eigenvalue weighted by Gasteiger charge is -2.12. The molecule has 1 aliphatic rings. The highest BCUT2D eigenvalue weighted by molar-refractivity contribution is 8.18. The Morgan fingerprint density at radius 2 is 1.62 bits per heavy atom. The molecule has 1 fully saturated rings. The van der Waals surface area contributed by atoms with Crippen molar-refractivity contribution in [2.45, 2.75) is 13.8 Å². The smallest absolute Gasteiger partial charge is 0.294 e. The Morgan fingerprint density at radius 3 is 2.27 bits per heavy atom. The first kappa shape index (κ1) is 26.5. The van der Waals surface area contributed by atoms with Gasteiger partial charge in [0.15, 0.2) is 0 Å². The number of nitriles is 1. The Morgan fingerprint density at radius 1 is 0.975 bits per heavy atom. The summed E-state index contributed by atoms with van der Waals surface area (Å²) in [6, 6.07) is 27.4. The average molecular weight is 549 g/mol. The highest BCUT2D eigenvalue weighted by Crippen LogP contribution is 2.34. The third kappa shape index (κ3) is 5.67. The summed E-state index contributed by atoms with van der Waals surface area (Å²) < 4.78 is 7.93. The van der Waals surface area contributed by atoms with Gasteiger partial charge in [0.25, 0.3) is 11.1 Å². The van der Waals surface area contributed by atoms with Crippen LogP contribution in [0.15, 0.2) is 89.8 Å². The number of nitrogens with zero attached hydrogens (tertiary/aromatic N) is 3. The molecule has 0 saturated carbocycles. The average Bonchev–Trinajstić information content (AvgIpc) is 3.38. The molecule has 0 radical (unpaired) electrons. The Hall–Kier alpha value is -5.07. The van der Waals surface area contributed by atoms with Crippen LogP contribution < -0.4 is 10.1 Å². The Kier molecular flexibility index (Phi) is 7.53. The fourth-order valence-electron chi connectivity index (χ4n) is 4.37. The molecule has 0 atom stereocenters. The van der Waals surface area contributed by atoms with Gasteiger partial charge in [-0.1, -0.05) is 18.2 Å². The predicted octanol–water partition coefficient (Wildman–Crippen LogP) is 6.43. The molecule has 4 aromatic rings. The number of imide groups is 1. The molecule has 40 heavy (non-hydrogen) atoms. The van der Waals surface area contributed by atoms with Crippen LogP contribution in [0.5, 0.6) is 11.5 Å². The molecule has 0 aliphatic carbocycles. The molecule has 198 valence electrons. The minimum atomic E-state index is -0.493. The summed E-state index contributed by atoms with van der Waals surface area (Å²) in [5.41, 5.74) is 4.71. The maximum absolute atomic E-state index is 13.0. The van der Waals surface area contributed by atoms with Gasteiger partial charge in [-0.3, -0.25) is 19.3 Å². The normalized spacial score (nSPS) is 13.9. The summed E-state index contributed by atoms with van der Waals surface area (Å²) in [5.74, 6) is 0.349. The first-order valence-corrected chi connectivity index (χ1v) is 13.2. The molecule has 1 N–H and O–H groups in total. The third-order valence-electron chi connectivity index (χ3n) is 6.30. The molecule has 5 rings (SSSR count). The molecule has 1 aromatic heterocycles. The number of hydrogen-bond donors (Lipinski definition) is 1. The molecule has 3 amide bonds. The Labute approximate surface area is 235 Å². The summed E-state index contributed by atoms with van der Waals surface area (Å²) in [7, 11) is 0. The van der Waals surface area contributed by atoms with E-state index in [4.69, 9.17) is 10.00 Å². The van der Waals surface area contributed by atoms with Crippen molar-refractivity contribution in [3.05, 3.63) is 112 Å². The van der Waals surface area contributed by atoms with Crippen LogP contribution in [0.1, 0.15) is 22.5 Å². The van der Waals surface area contributed by atoms with Crippen LogP contribution in [0.4, 0.5) is 10.5 Å². The van der Waals surface area contributed by atoms with Crippen LogP contribution in [0.2, 0.25) is 0 Å². The summed E-state index contributed by atoms with van der Waals surface area (Å²) in [6.07, 6.45) is 1.70. The molecule has 1 aliphatic heterocycles. The highest BCUT2D eigenvalue weighted by atomic mass is 32.2. The maximum Gasteiger partial charge on any atom is 0.294 e. The molecular weight excluding hydrogens is 524 g/mol. The summed E-state index contributed by atoms with van der Waals surface area (Å²) in [5, 5.41) is 11.2. The van der Waals surface area contributed by atoms with Crippen LogP contribution in [0.25, 0.3) is 11.8 Å². The second-order valence-electron chi connectivity index (χ2n) is 9.08. The number of carbonyl (C=O) groups excluding carboxylic acids is 3. The largest absolute Gasteiger partial charge is 0.457 e. The van der Waals surface area contributed by atoms with Gasteiger partial charge in [0, 0.05) is 22.8 Å². The molecule has 8 nitrogen and oxygen atoms in total. The number of aryl methyl sites for hydroxylation is 1. The van der Waals surface area contributed by atoms with E-state index in [1.165, 1.54) is 0 Å². The number of thioether (sulfide) groups is 1. The Balaban J connectivity index is 1.30. The van der Waals surface area contributed by atoms with Gasteiger partial charge in [-0.15, -0.1) is 0 Å². The summed E-state index contributed by atoms with van der Waals surface area (Å²) in [4.78, 5) is 39.2. The van der Waals surface area contributed by atoms with Crippen molar-refractivity contribution in [1.82, 2.24) is 9.47 Å². The van der Waals surface area contributed by atoms with Gasteiger partial charge in [0.2, 0.25) is 5.91 Å². The van der Waals surface area contributed by atoms with E-state index in [9.17, 15) is 14.4 Å². The Bertz CT molecular complexity index is 1670. The maximum atomic E-state index is 13.0. The molecule has 2 heterocycles. The molecule has 3 aromatic carbocycles. The van der Waals surface area contributed by atoms with Crippen molar-refractivity contribution in [2.24, 2.45) is 0 Å². The number of hydrogen-bond acceptors (Lipinski definition) is 6. The summed E-state index contributed by atoms with van der Waals surface area (Å²) >= 11 is 0.825. The minimum Gasteiger partial charge on any atom is -0.457 e. The topological polar surface area (TPSA) is 104 Å². The van der Waals surface area contributed by atoms with E-state index >= 15 is 0 Å². The zero-order chi connectivity index (χ0) is 28.2. The van der Waals surface area contributed by atoms with E-state index < -0.39 is 17.1 Å². The third-order valence-corrected chi connectivity index (χ3v) is 7.21. The second-order valence-corrected chi connectivity index (χ2v) is 10.1. The molecule has 1 saturated heterocycles. The van der Waals surface area contributed by atoms with E-state index in [-0.39, 0.29) is 11.4 Å². The fraction of sp³-hybridized carbons (Fsp3) is 0.0968. The first-order chi connectivity index (χ1) is 19.3.